The zero-order chi connectivity index (χ0) is 17.5. The molecule has 0 bridgehead atoms. The maximum Gasteiger partial charge on any atom is 0.265 e. The summed E-state index contributed by atoms with van der Waals surface area (Å²) in [6.07, 6.45) is 1.86. The lowest BCUT2D eigenvalue weighted by Crippen LogP contribution is -2.15. The Morgan fingerprint density at radius 3 is 2.62 bits per heavy atom. The molecule has 3 rings (SSSR count). The van der Waals surface area contributed by atoms with Crippen LogP contribution in [-0.4, -0.2) is 24.9 Å². The second kappa shape index (κ2) is 5.83. The van der Waals surface area contributed by atoms with Crippen molar-refractivity contribution in [2.24, 2.45) is 0 Å². The highest BCUT2D eigenvalue weighted by Gasteiger charge is 2.21. The topological polar surface area (TPSA) is 72.7 Å². The summed E-state index contributed by atoms with van der Waals surface area (Å²) in [5.74, 6) is 0.302. The van der Waals surface area contributed by atoms with Crippen molar-refractivity contribution in [3.8, 4) is 5.75 Å². The molecule has 0 fully saturated rings. The molecule has 0 aliphatic carbocycles. The van der Waals surface area contributed by atoms with Gasteiger partial charge in [0.25, 0.3) is 10.0 Å². The number of hydrogen-bond acceptors (Lipinski definition) is 4. The Morgan fingerprint density at radius 2 is 1.92 bits per heavy atom. The van der Waals surface area contributed by atoms with Crippen LogP contribution in [-0.2, 0) is 10.0 Å². The van der Waals surface area contributed by atoms with Crippen LogP contribution in [0.15, 0.2) is 41.4 Å². The first-order valence-corrected chi connectivity index (χ1v) is 8.93. The third kappa shape index (κ3) is 2.71. The summed E-state index contributed by atoms with van der Waals surface area (Å²) >= 11 is 0. The Hall–Kier alpha value is -2.54. The number of ether oxygens (including phenoxy) is 1. The quantitative estimate of drug-likeness (QED) is 0.789. The fraction of sp³-hybridized carbons (Fsp3) is 0.235. The summed E-state index contributed by atoms with van der Waals surface area (Å²) in [5, 5.41) is 0. The number of pyridine rings is 1. The van der Waals surface area contributed by atoms with Gasteiger partial charge in [-0.1, -0.05) is 6.07 Å². The number of fused-ring (bicyclic) bond motifs is 1. The predicted octanol–water partition coefficient (Wildman–Crippen LogP) is 3.07. The van der Waals surface area contributed by atoms with Crippen LogP contribution in [0.3, 0.4) is 0 Å². The molecule has 126 valence electrons. The van der Waals surface area contributed by atoms with Gasteiger partial charge in [-0.15, -0.1) is 0 Å². The Balaban J connectivity index is 2.11. The van der Waals surface area contributed by atoms with Gasteiger partial charge in [0.1, 0.15) is 10.6 Å². The molecule has 0 unspecified atom stereocenters. The van der Waals surface area contributed by atoms with Gasteiger partial charge in [0.15, 0.2) is 5.65 Å². The van der Waals surface area contributed by atoms with E-state index in [4.69, 9.17) is 4.74 Å². The predicted molar refractivity (Wildman–Crippen MR) is 93.2 cm³/mol. The zero-order valence-corrected chi connectivity index (χ0v) is 14.8. The highest BCUT2D eigenvalue weighted by Crippen LogP contribution is 2.28. The summed E-state index contributed by atoms with van der Waals surface area (Å²) in [6, 6.07) is 8.52. The third-order valence-electron chi connectivity index (χ3n) is 3.98. The lowest BCUT2D eigenvalue weighted by Gasteiger charge is -2.13. The van der Waals surface area contributed by atoms with E-state index in [-0.39, 0.29) is 4.90 Å². The van der Waals surface area contributed by atoms with Gasteiger partial charge in [-0.05, 0) is 50.6 Å². The minimum atomic E-state index is -3.80. The van der Waals surface area contributed by atoms with Gasteiger partial charge >= 0.3 is 0 Å². The SMILES string of the molecule is COc1ccc(C)cc1S(=O)(=O)Nc1cccn2c(C)c(C)nc12. The number of aromatic nitrogens is 2. The van der Waals surface area contributed by atoms with Crippen LogP contribution in [0.25, 0.3) is 5.65 Å². The van der Waals surface area contributed by atoms with Crippen LogP contribution in [0.2, 0.25) is 0 Å². The minimum Gasteiger partial charge on any atom is -0.495 e. The number of aryl methyl sites for hydroxylation is 3. The lowest BCUT2D eigenvalue weighted by molar-refractivity contribution is 0.402. The number of nitrogens with one attached hydrogen (secondary N) is 1. The van der Waals surface area contributed by atoms with E-state index in [9.17, 15) is 8.42 Å². The molecular formula is C17H19N3O3S. The average molecular weight is 345 g/mol. The van der Waals surface area contributed by atoms with E-state index < -0.39 is 10.0 Å². The molecule has 0 saturated carbocycles. The van der Waals surface area contributed by atoms with E-state index in [1.54, 1.807) is 30.3 Å². The molecule has 2 heterocycles. The van der Waals surface area contributed by atoms with Crippen molar-refractivity contribution in [1.82, 2.24) is 9.38 Å². The standard InChI is InChI=1S/C17H19N3O3S/c1-11-7-8-15(23-4)16(10-11)24(21,22)19-14-6-5-9-20-13(3)12(2)18-17(14)20/h5-10,19H,1-4H3. The molecule has 1 aromatic carbocycles. The molecule has 0 radical (unpaired) electrons. The van der Waals surface area contributed by atoms with E-state index in [0.29, 0.717) is 17.1 Å². The number of methoxy groups -OCH3 is 1. The smallest absolute Gasteiger partial charge is 0.265 e. The van der Waals surface area contributed by atoms with Gasteiger partial charge in [-0.2, -0.15) is 0 Å². The summed E-state index contributed by atoms with van der Waals surface area (Å²) in [7, 11) is -2.35. The fourth-order valence-corrected chi connectivity index (χ4v) is 3.89. The number of rotatable bonds is 4. The third-order valence-corrected chi connectivity index (χ3v) is 5.37. The highest BCUT2D eigenvalue weighted by molar-refractivity contribution is 7.92. The van der Waals surface area contributed by atoms with E-state index in [1.807, 2.05) is 31.4 Å². The number of hydrogen-bond donors (Lipinski definition) is 1. The van der Waals surface area contributed by atoms with Gasteiger partial charge in [-0.25, -0.2) is 13.4 Å². The highest BCUT2D eigenvalue weighted by atomic mass is 32.2. The molecule has 24 heavy (non-hydrogen) atoms. The van der Waals surface area contributed by atoms with Crippen molar-refractivity contribution >= 4 is 21.4 Å². The first kappa shape index (κ1) is 16.3. The molecule has 2 aromatic heterocycles. The summed E-state index contributed by atoms with van der Waals surface area (Å²) in [5.41, 5.74) is 3.66. The number of nitrogens with zero attached hydrogens (tertiary/aromatic N) is 2. The molecule has 7 heteroatoms. The molecule has 0 aliphatic rings. The van der Waals surface area contributed by atoms with Crippen molar-refractivity contribution in [2.75, 3.05) is 11.8 Å². The molecule has 0 aliphatic heterocycles. The summed E-state index contributed by atoms with van der Waals surface area (Å²) < 4.78 is 35.4. The van der Waals surface area contributed by atoms with Crippen LogP contribution in [0.1, 0.15) is 17.0 Å². The molecule has 0 saturated heterocycles. The first-order chi connectivity index (χ1) is 11.3. The molecular weight excluding hydrogens is 326 g/mol. The van der Waals surface area contributed by atoms with Crippen molar-refractivity contribution in [1.29, 1.82) is 0 Å². The summed E-state index contributed by atoms with van der Waals surface area (Å²) in [4.78, 5) is 4.56. The monoisotopic (exact) mass is 345 g/mol. The minimum absolute atomic E-state index is 0.104. The van der Waals surface area contributed by atoms with Crippen molar-refractivity contribution in [2.45, 2.75) is 25.7 Å². The largest absolute Gasteiger partial charge is 0.495 e. The van der Waals surface area contributed by atoms with Crippen LogP contribution in [0.4, 0.5) is 5.69 Å². The van der Waals surface area contributed by atoms with E-state index in [0.717, 1.165) is 17.0 Å². The van der Waals surface area contributed by atoms with E-state index in [1.165, 1.54) is 7.11 Å². The maximum absolute atomic E-state index is 12.8. The van der Waals surface area contributed by atoms with Gasteiger partial charge < -0.3 is 9.14 Å². The molecule has 1 N–H and O–H groups in total. The second-order valence-electron chi connectivity index (χ2n) is 5.66. The average Bonchev–Trinajstić information content (AvgIpc) is 2.83. The van der Waals surface area contributed by atoms with Gasteiger partial charge in [0, 0.05) is 11.9 Å². The number of imidazole rings is 1. The van der Waals surface area contributed by atoms with Gasteiger partial charge in [-0.3, -0.25) is 4.72 Å². The normalized spacial score (nSPS) is 11.7. The van der Waals surface area contributed by atoms with Crippen molar-refractivity contribution in [3.05, 3.63) is 53.5 Å². The lowest BCUT2D eigenvalue weighted by atomic mass is 10.2. The molecule has 0 spiro atoms. The molecule has 0 atom stereocenters. The van der Waals surface area contributed by atoms with Crippen LogP contribution in [0, 0.1) is 20.8 Å². The molecule has 0 amide bonds. The number of sulfonamides is 1. The van der Waals surface area contributed by atoms with Crippen LogP contribution in [0.5, 0.6) is 5.75 Å². The van der Waals surface area contributed by atoms with Gasteiger partial charge in [0.2, 0.25) is 0 Å². The van der Waals surface area contributed by atoms with E-state index in [2.05, 4.69) is 9.71 Å². The summed E-state index contributed by atoms with van der Waals surface area (Å²) in [6.45, 7) is 5.67. The zero-order valence-electron chi connectivity index (χ0n) is 14.0. The Kier molecular flexibility index (Phi) is 3.96. The van der Waals surface area contributed by atoms with Crippen molar-refractivity contribution in [3.63, 3.8) is 0 Å². The number of anilines is 1. The van der Waals surface area contributed by atoms with Crippen LogP contribution >= 0.6 is 0 Å². The molecule has 6 nitrogen and oxygen atoms in total. The first-order valence-electron chi connectivity index (χ1n) is 7.45. The maximum atomic E-state index is 12.8. The Morgan fingerprint density at radius 1 is 1.17 bits per heavy atom. The van der Waals surface area contributed by atoms with Crippen LogP contribution < -0.4 is 9.46 Å². The Labute approximate surface area is 141 Å². The fourth-order valence-electron chi connectivity index (χ4n) is 2.57. The van der Waals surface area contributed by atoms with E-state index >= 15 is 0 Å². The number of benzene rings is 1. The van der Waals surface area contributed by atoms with Crippen molar-refractivity contribution < 1.29 is 13.2 Å². The Bertz CT molecular complexity index is 1020. The second-order valence-corrected chi connectivity index (χ2v) is 7.31. The van der Waals surface area contributed by atoms with Gasteiger partial charge in [0.05, 0.1) is 18.5 Å². The molecule has 3 aromatic rings.